The van der Waals surface area contributed by atoms with Crippen LogP contribution < -0.4 is 5.32 Å². The molecule has 4 atom stereocenters. The molecule has 1 heterocycles. The number of amides is 1. The Morgan fingerprint density at radius 2 is 2.10 bits per heavy atom. The molecule has 0 spiro atoms. The highest BCUT2D eigenvalue weighted by Crippen LogP contribution is 2.53. The number of fused-ring (bicyclic) bond motifs is 2. The Labute approximate surface area is 124 Å². The van der Waals surface area contributed by atoms with E-state index < -0.39 is 10.3 Å². The fourth-order valence-electron chi connectivity index (χ4n) is 3.88. The zero-order valence-corrected chi connectivity index (χ0v) is 13.5. The molecule has 1 unspecified atom stereocenters. The third kappa shape index (κ3) is 2.01. The van der Waals surface area contributed by atoms with Gasteiger partial charge in [-0.25, -0.2) is 0 Å². The van der Waals surface area contributed by atoms with Crippen molar-refractivity contribution in [2.75, 3.05) is 0 Å². The molecule has 0 aromatic rings. The lowest BCUT2D eigenvalue weighted by molar-refractivity contribution is -0.126. The summed E-state index contributed by atoms with van der Waals surface area (Å²) >= 11 is 1.38. The van der Waals surface area contributed by atoms with Crippen LogP contribution in [0.15, 0.2) is 4.99 Å². The summed E-state index contributed by atoms with van der Waals surface area (Å²) in [5.41, 5.74) is -1.10. The van der Waals surface area contributed by atoms with E-state index in [1.165, 1.54) is 31.0 Å². The standard InChI is InChI=1S/C15H24N2O2S/c1-13(2,19)15(4)11(18)16-12(20-15)17-14(3)8-9-5-6-10(14)7-9/h9-10,19H,5-8H2,1-4H3,(H,16,17,18)/t9-,10?,14+,15-/m1/s1. The lowest BCUT2D eigenvalue weighted by atomic mass is 9.83. The fourth-order valence-corrected chi connectivity index (χ4v) is 5.06. The minimum absolute atomic E-state index is 0.0244. The minimum Gasteiger partial charge on any atom is -0.388 e. The van der Waals surface area contributed by atoms with Gasteiger partial charge in [0, 0.05) is 0 Å². The Balaban J connectivity index is 1.84. The number of carbonyl (C=O) groups excluding carboxylic acids is 1. The van der Waals surface area contributed by atoms with Crippen molar-refractivity contribution < 1.29 is 9.90 Å². The molecule has 3 rings (SSSR count). The first-order valence-corrected chi connectivity index (χ1v) is 8.28. The zero-order valence-electron chi connectivity index (χ0n) is 12.7. The molecule has 112 valence electrons. The van der Waals surface area contributed by atoms with E-state index in [1.807, 2.05) is 0 Å². The summed E-state index contributed by atoms with van der Waals surface area (Å²) in [7, 11) is 0. The SMILES string of the molecule is CC(C)(O)[C@]1(C)SC(=N[C@@]2(C)C[C@@H]3CCC2C3)NC1=O. The number of nitrogens with one attached hydrogen (secondary N) is 1. The summed E-state index contributed by atoms with van der Waals surface area (Å²) in [5, 5.41) is 13.8. The van der Waals surface area contributed by atoms with Crippen molar-refractivity contribution in [1.29, 1.82) is 0 Å². The highest BCUT2D eigenvalue weighted by Gasteiger charge is 2.54. The largest absolute Gasteiger partial charge is 0.388 e. The van der Waals surface area contributed by atoms with Gasteiger partial charge in [-0.3, -0.25) is 9.79 Å². The molecule has 0 aromatic carbocycles. The van der Waals surface area contributed by atoms with E-state index in [1.54, 1.807) is 20.8 Å². The highest BCUT2D eigenvalue weighted by molar-refractivity contribution is 8.16. The number of carbonyl (C=O) groups is 1. The maximum Gasteiger partial charge on any atom is 0.245 e. The summed E-state index contributed by atoms with van der Waals surface area (Å²) in [4.78, 5) is 17.1. The average Bonchev–Trinajstić information content (AvgIpc) is 2.92. The van der Waals surface area contributed by atoms with Gasteiger partial charge in [-0.05, 0) is 65.2 Å². The third-order valence-corrected chi connectivity index (χ3v) is 7.08. The normalized spacial score (nSPS) is 46.2. The van der Waals surface area contributed by atoms with Crippen LogP contribution in [0.5, 0.6) is 0 Å². The number of aliphatic imine (C=N–C) groups is 1. The second kappa shape index (κ2) is 4.23. The Morgan fingerprint density at radius 1 is 1.40 bits per heavy atom. The number of hydrogen-bond donors (Lipinski definition) is 2. The van der Waals surface area contributed by atoms with Crippen molar-refractivity contribution in [1.82, 2.24) is 5.32 Å². The molecular weight excluding hydrogens is 272 g/mol. The van der Waals surface area contributed by atoms with E-state index in [-0.39, 0.29) is 11.4 Å². The van der Waals surface area contributed by atoms with E-state index in [9.17, 15) is 9.90 Å². The lowest BCUT2D eigenvalue weighted by Gasteiger charge is -2.33. The average molecular weight is 296 g/mol. The van der Waals surface area contributed by atoms with Crippen LogP contribution in [0.25, 0.3) is 0 Å². The maximum absolute atomic E-state index is 12.2. The van der Waals surface area contributed by atoms with Crippen molar-refractivity contribution in [3.8, 4) is 0 Å². The van der Waals surface area contributed by atoms with Crippen LogP contribution in [-0.2, 0) is 4.79 Å². The third-order valence-electron chi connectivity index (χ3n) is 5.60. The molecule has 20 heavy (non-hydrogen) atoms. The maximum atomic E-state index is 12.2. The molecule has 2 bridgehead atoms. The fraction of sp³-hybridized carbons (Fsp3) is 0.867. The second-order valence-electron chi connectivity index (χ2n) is 7.50. The molecule has 4 nitrogen and oxygen atoms in total. The van der Waals surface area contributed by atoms with Crippen LogP contribution in [0, 0.1) is 11.8 Å². The van der Waals surface area contributed by atoms with E-state index in [2.05, 4.69) is 12.2 Å². The highest BCUT2D eigenvalue weighted by atomic mass is 32.2. The number of aliphatic hydroxyl groups is 1. The number of hydrogen-bond acceptors (Lipinski definition) is 4. The molecule has 3 fully saturated rings. The van der Waals surface area contributed by atoms with E-state index in [0.717, 1.165) is 12.3 Å². The number of rotatable bonds is 2. The summed E-state index contributed by atoms with van der Waals surface area (Å²) in [6, 6.07) is 0. The van der Waals surface area contributed by atoms with Crippen molar-refractivity contribution >= 4 is 22.8 Å². The quantitative estimate of drug-likeness (QED) is 0.822. The molecule has 1 amide bonds. The summed E-state index contributed by atoms with van der Waals surface area (Å²) in [5.74, 6) is 1.34. The van der Waals surface area contributed by atoms with Gasteiger partial charge in [0.2, 0.25) is 5.91 Å². The van der Waals surface area contributed by atoms with Crippen LogP contribution >= 0.6 is 11.8 Å². The molecule has 5 heteroatoms. The minimum atomic E-state index is -1.07. The first kappa shape index (κ1) is 14.4. The van der Waals surface area contributed by atoms with E-state index >= 15 is 0 Å². The zero-order chi connectivity index (χ0) is 14.8. The van der Waals surface area contributed by atoms with Crippen LogP contribution in [0.1, 0.15) is 53.4 Å². The van der Waals surface area contributed by atoms with Crippen molar-refractivity contribution in [3.05, 3.63) is 0 Å². The summed E-state index contributed by atoms with van der Waals surface area (Å²) in [6.45, 7) is 7.37. The molecule has 2 saturated carbocycles. The van der Waals surface area contributed by atoms with Crippen LogP contribution in [0.2, 0.25) is 0 Å². The van der Waals surface area contributed by atoms with E-state index in [4.69, 9.17) is 4.99 Å². The van der Waals surface area contributed by atoms with Gasteiger partial charge < -0.3 is 10.4 Å². The van der Waals surface area contributed by atoms with E-state index in [0.29, 0.717) is 11.1 Å². The van der Waals surface area contributed by atoms with Crippen molar-refractivity contribution in [2.24, 2.45) is 16.8 Å². The number of amidine groups is 1. The molecule has 2 aliphatic carbocycles. The van der Waals surface area contributed by atoms with Gasteiger partial charge in [-0.15, -0.1) is 0 Å². The summed E-state index contributed by atoms with van der Waals surface area (Å²) < 4.78 is -0.861. The van der Waals surface area contributed by atoms with Crippen LogP contribution in [0.4, 0.5) is 0 Å². The summed E-state index contributed by atoms with van der Waals surface area (Å²) in [6.07, 6.45) is 5.02. The molecule has 1 aliphatic heterocycles. The van der Waals surface area contributed by atoms with Crippen LogP contribution in [-0.4, -0.2) is 32.1 Å². The van der Waals surface area contributed by atoms with Crippen molar-refractivity contribution in [3.63, 3.8) is 0 Å². The molecule has 0 radical (unpaired) electrons. The Hall–Kier alpha value is -0.550. The molecule has 0 aromatic heterocycles. The Bertz CT molecular complexity index is 485. The Morgan fingerprint density at radius 3 is 2.55 bits per heavy atom. The lowest BCUT2D eigenvalue weighted by Crippen LogP contribution is -2.50. The molecule has 3 aliphatic rings. The smallest absolute Gasteiger partial charge is 0.245 e. The molecule has 1 saturated heterocycles. The molecule has 2 N–H and O–H groups in total. The predicted molar refractivity (Wildman–Crippen MR) is 81.7 cm³/mol. The number of nitrogens with zero attached hydrogens (tertiary/aromatic N) is 1. The van der Waals surface area contributed by atoms with Crippen molar-refractivity contribution in [2.45, 2.75) is 69.3 Å². The first-order valence-electron chi connectivity index (χ1n) is 7.47. The number of thioether (sulfide) groups is 1. The van der Waals surface area contributed by atoms with Gasteiger partial charge in [-0.1, -0.05) is 11.8 Å². The van der Waals surface area contributed by atoms with Gasteiger partial charge in [-0.2, -0.15) is 0 Å². The first-order chi connectivity index (χ1) is 9.14. The van der Waals surface area contributed by atoms with Gasteiger partial charge in [0.1, 0.15) is 4.75 Å². The van der Waals surface area contributed by atoms with Crippen LogP contribution in [0.3, 0.4) is 0 Å². The second-order valence-corrected chi connectivity index (χ2v) is 8.91. The van der Waals surface area contributed by atoms with Gasteiger partial charge >= 0.3 is 0 Å². The van der Waals surface area contributed by atoms with Gasteiger partial charge in [0.25, 0.3) is 0 Å². The monoisotopic (exact) mass is 296 g/mol. The topological polar surface area (TPSA) is 61.7 Å². The molecular formula is C15H24N2O2S. The Kier molecular flexibility index (Phi) is 3.04. The van der Waals surface area contributed by atoms with Gasteiger partial charge in [0.15, 0.2) is 5.17 Å². The van der Waals surface area contributed by atoms with Gasteiger partial charge in [0.05, 0.1) is 11.1 Å². The predicted octanol–water partition coefficient (Wildman–Crippen LogP) is 2.31.